The van der Waals surface area contributed by atoms with Crippen LogP contribution in [0.2, 0.25) is 0 Å². The van der Waals surface area contributed by atoms with Gasteiger partial charge in [0.15, 0.2) is 5.82 Å². The van der Waals surface area contributed by atoms with Gasteiger partial charge in [-0.15, -0.1) is 0 Å². The SMILES string of the molecule is Cc1ccc2c(N3CCC(NC(=O)c4ccc(C(F)(F)F)c(F)c4)C3)nc(-c3ccccc3O)nc2c1. The van der Waals surface area contributed by atoms with Crippen LogP contribution in [0.5, 0.6) is 5.75 Å². The van der Waals surface area contributed by atoms with Crippen LogP contribution < -0.4 is 10.2 Å². The lowest BCUT2D eigenvalue weighted by atomic mass is 10.1. The molecule has 1 atom stereocenters. The van der Waals surface area contributed by atoms with Crippen molar-refractivity contribution in [3.8, 4) is 17.1 Å². The third kappa shape index (κ3) is 4.91. The number of aryl methyl sites for hydroxylation is 1. The lowest BCUT2D eigenvalue weighted by molar-refractivity contribution is -0.140. The summed E-state index contributed by atoms with van der Waals surface area (Å²) in [6, 6.07) is 14.4. The van der Waals surface area contributed by atoms with E-state index in [1.54, 1.807) is 24.3 Å². The number of nitrogens with one attached hydrogen (secondary N) is 1. The van der Waals surface area contributed by atoms with Crippen molar-refractivity contribution in [2.45, 2.75) is 25.6 Å². The van der Waals surface area contributed by atoms with Gasteiger partial charge in [-0.05, 0) is 61.4 Å². The van der Waals surface area contributed by atoms with Gasteiger partial charge < -0.3 is 15.3 Å². The lowest BCUT2D eigenvalue weighted by Crippen LogP contribution is -2.37. The van der Waals surface area contributed by atoms with Gasteiger partial charge in [0.1, 0.15) is 17.4 Å². The van der Waals surface area contributed by atoms with Crippen LogP contribution in [0.15, 0.2) is 60.7 Å². The van der Waals surface area contributed by atoms with Crippen molar-refractivity contribution in [3.05, 3.63) is 83.2 Å². The number of anilines is 1. The maximum Gasteiger partial charge on any atom is 0.419 e. The number of rotatable bonds is 4. The standard InChI is InChI=1S/C27H22F4N4O2/c1-15-6-8-18-22(12-15)33-24(19-4-2-3-5-23(19)36)34-25(18)35-11-10-17(14-35)32-26(37)16-7-9-20(21(28)13-16)27(29,30)31/h2-9,12-13,17,36H,10-11,14H2,1H3,(H,32,37). The molecule has 1 aliphatic rings. The average Bonchev–Trinajstić information content (AvgIpc) is 3.30. The van der Waals surface area contributed by atoms with Crippen LogP contribution in [-0.4, -0.2) is 40.1 Å². The van der Waals surface area contributed by atoms with E-state index in [0.717, 1.165) is 17.0 Å². The quantitative estimate of drug-likeness (QED) is 0.356. The Labute approximate surface area is 209 Å². The van der Waals surface area contributed by atoms with Gasteiger partial charge in [0, 0.05) is 30.1 Å². The molecule has 1 amide bonds. The number of halogens is 4. The number of carbonyl (C=O) groups is 1. The minimum absolute atomic E-state index is 0.0517. The molecule has 5 rings (SSSR count). The fourth-order valence-corrected chi connectivity index (χ4v) is 4.47. The molecule has 1 aromatic heterocycles. The summed E-state index contributed by atoms with van der Waals surface area (Å²) in [6.45, 7) is 2.88. The van der Waals surface area contributed by atoms with E-state index in [4.69, 9.17) is 4.98 Å². The maximum absolute atomic E-state index is 13.9. The topological polar surface area (TPSA) is 78.4 Å². The molecule has 1 aliphatic heterocycles. The van der Waals surface area contributed by atoms with E-state index in [0.29, 0.717) is 54.4 Å². The minimum atomic E-state index is -4.83. The molecule has 0 saturated carbocycles. The number of benzene rings is 3. The monoisotopic (exact) mass is 510 g/mol. The number of para-hydroxylation sites is 1. The highest BCUT2D eigenvalue weighted by molar-refractivity contribution is 5.95. The zero-order valence-corrected chi connectivity index (χ0v) is 19.7. The minimum Gasteiger partial charge on any atom is -0.507 e. The predicted molar refractivity (Wildman–Crippen MR) is 131 cm³/mol. The van der Waals surface area contributed by atoms with Crippen molar-refractivity contribution < 1.29 is 27.5 Å². The van der Waals surface area contributed by atoms with Crippen LogP contribution in [-0.2, 0) is 6.18 Å². The summed E-state index contributed by atoms with van der Waals surface area (Å²) in [6.07, 6.45) is -4.28. The van der Waals surface area contributed by atoms with Crippen LogP contribution >= 0.6 is 0 Å². The first-order valence-corrected chi connectivity index (χ1v) is 11.6. The van der Waals surface area contributed by atoms with E-state index in [1.165, 1.54) is 0 Å². The largest absolute Gasteiger partial charge is 0.507 e. The highest BCUT2D eigenvalue weighted by Gasteiger charge is 2.34. The van der Waals surface area contributed by atoms with Crippen LogP contribution in [0.25, 0.3) is 22.3 Å². The van der Waals surface area contributed by atoms with E-state index in [-0.39, 0.29) is 17.4 Å². The average molecular weight is 510 g/mol. The molecule has 1 unspecified atom stereocenters. The van der Waals surface area contributed by atoms with Gasteiger partial charge in [-0.2, -0.15) is 13.2 Å². The number of phenols is 1. The highest BCUT2D eigenvalue weighted by atomic mass is 19.4. The van der Waals surface area contributed by atoms with E-state index >= 15 is 0 Å². The van der Waals surface area contributed by atoms with E-state index in [9.17, 15) is 27.5 Å². The Kier molecular flexibility index (Phi) is 6.18. The molecule has 0 radical (unpaired) electrons. The summed E-state index contributed by atoms with van der Waals surface area (Å²) in [5.41, 5.74) is 0.600. The second-order valence-corrected chi connectivity index (χ2v) is 9.01. The first-order chi connectivity index (χ1) is 17.6. The third-order valence-electron chi connectivity index (χ3n) is 6.34. The predicted octanol–water partition coefficient (Wildman–Crippen LogP) is 5.48. The second-order valence-electron chi connectivity index (χ2n) is 9.01. The summed E-state index contributed by atoms with van der Waals surface area (Å²) in [7, 11) is 0. The van der Waals surface area contributed by atoms with Gasteiger partial charge >= 0.3 is 6.18 Å². The molecule has 10 heteroatoms. The molecule has 37 heavy (non-hydrogen) atoms. The number of fused-ring (bicyclic) bond motifs is 1. The smallest absolute Gasteiger partial charge is 0.419 e. The number of amides is 1. The fourth-order valence-electron chi connectivity index (χ4n) is 4.47. The maximum atomic E-state index is 13.9. The molecule has 0 bridgehead atoms. The number of aromatic nitrogens is 2. The first kappa shape index (κ1) is 24.5. The Morgan fingerprint density at radius 2 is 1.86 bits per heavy atom. The Morgan fingerprint density at radius 3 is 2.59 bits per heavy atom. The third-order valence-corrected chi connectivity index (χ3v) is 6.34. The first-order valence-electron chi connectivity index (χ1n) is 11.6. The Hall–Kier alpha value is -4.21. The summed E-state index contributed by atoms with van der Waals surface area (Å²) in [4.78, 5) is 24.0. The molecule has 3 aromatic carbocycles. The van der Waals surface area contributed by atoms with Crippen molar-refractivity contribution in [3.63, 3.8) is 0 Å². The molecule has 0 aliphatic carbocycles. The van der Waals surface area contributed by atoms with Crippen LogP contribution in [0, 0.1) is 12.7 Å². The zero-order valence-electron chi connectivity index (χ0n) is 19.7. The van der Waals surface area contributed by atoms with Crippen LogP contribution in [0.4, 0.5) is 23.4 Å². The van der Waals surface area contributed by atoms with Gasteiger partial charge in [0.2, 0.25) is 0 Å². The summed E-state index contributed by atoms with van der Waals surface area (Å²) in [5.74, 6) is -1.10. The Balaban J connectivity index is 1.40. The fraction of sp³-hybridized carbons (Fsp3) is 0.222. The molecule has 1 saturated heterocycles. The lowest BCUT2D eigenvalue weighted by Gasteiger charge is -2.21. The van der Waals surface area contributed by atoms with E-state index < -0.39 is 23.5 Å². The number of alkyl halides is 3. The molecule has 2 heterocycles. The Bertz CT molecular complexity index is 1510. The molecule has 0 spiro atoms. The number of hydrogen-bond acceptors (Lipinski definition) is 5. The van der Waals surface area contributed by atoms with E-state index in [2.05, 4.69) is 10.3 Å². The van der Waals surface area contributed by atoms with Gasteiger partial charge in [-0.3, -0.25) is 4.79 Å². The number of aromatic hydroxyl groups is 1. The summed E-state index contributed by atoms with van der Waals surface area (Å²) >= 11 is 0. The number of nitrogens with zero attached hydrogens (tertiary/aromatic N) is 3. The van der Waals surface area contributed by atoms with Gasteiger partial charge in [0.05, 0.1) is 16.6 Å². The number of phenolic OH excluding ortho intramolecular Hbond substituents is 1. The number of hydrogen-bond donors (Lipinski definition) is 2. The second kappa shape index (κ2) is 9.34. The molecule has 6 nitrogen and oxygen atoms in total. The molecule has 1 fully saturated rings. The molecular formula is C27H22F4N4O2. The van der Waals surface area contributed by atoms with Gasteiger partial charge in [0.25, 0.3) is 5.91 Å². The van der Waals surface area contributed by atoms with Gasteiger partial charge in [-0.25, -0.2) is 14.4 Å². The molecule has 190 valence electrons. The summed E-state index contributed by atoms with van der Waals surface area (Å²) < 4.78 is 52.5. The normalized spacial score (nSPS) is 15.8. The van der Waals surface area contributed by atoms with Crippen molar-refractivity contribution >= 4 is 22.6 Å². The zero-order chi connectivity index (χ0) is 26.3. The van der Waals surface area contributed by atoms with Crippen molar-refractivity contribution in [1.82, 2.24) is 15.3 Å². The molecular weight excluding hydrogens is 488 g/mol. The van der Waals surface area contributed by atoms with Crippen LogP contribution in [0.3, 0.4) is 0 Å². The van der Waals surface area contributed by atoms with Crippen LogP contribution in [0.1, 0.15) is 27.9 Å². The van der Waals surface area contributed by atoms with Gasteiger partial charge in [-0.1, -0.05) is 18.2 Å². The highest BCUT2D eigenvalue weighted by Crippen LogP contribution is 2.34. The molecule has 4 aromatic rings. The van der Waals surface area contributed by atoms with Crippen molar-refractivity contribution in [2.75, 3.05) is 18.0 Å². The van der Waals surface area contributed by atoms with Crippen molar-refractivity contribution in [1.29, 1.82) is 0 Å². The molecule has 2 N–H and O–H groups in total. The van der Waals surface area contributed by atoms with E-state index in [1.807, 2.05) is 30.0 Å². The summed E-state index contributed by atoms with van der Waals surface area (Å²) in [5, 5.41) is 13.9. The number of carbonyl (C=O) groups excluding carboxylic acids is 1. The Morgan fingerprint density at radius 1 is 1.08 bits per heavy atom. The van der Waals surface area contributed by atoms with Crippen molar-refractivity contribution in [2.24, 2.45) is 0 Å².